The van der Waals surface area contributed by atoms with E-state index in [9.17, 15) is 9.59 Å². The fraction of sp³-hybridized carbons (Fsp3) is 0.867. The van der Waals surface area contributed by atoms with E-state index < -0.39 is 5.97 Å². The summed E-state index contributed by atoms with van der Waals surface area (Å²) in [5.74, 6) is -0.694. The summed E-state index contributed by atoms with van der Waals surface area (Å²) in [5.41, 5.74) is -0.566. The van der Waals surface area contributed by atoms with Crippen LogP contribution in [-0.4, -0.2) is 34.0 Å². The first-order valence-electron chi connectivity index (χ1n) is 7.27. The van der Waals surface area contributed by atoms with Gasteiger partial charge in [-0.05, 0) is 40.0 Å². The summed E-state index contributed by atoms with van der Waals surface area (Å²) in [6, 6.07) is 0. The Morgan fingerprint density at radius 3 is 2.11 bits per heavy atom. The molecule has 110 valence electrons. The van der Waals surface area contributed by atoms with Crippen LogP contribution in [0.3, 0.4) is 0 Å². The lowest BCUT2D eigenvalue weighted by atomic mass is 9.80. The van der Waals surface area contributed by atoms with Crippen LogP contribution < -0.4 is 0 Å². The maximum Gasteiger partial charge on any atom is 0.305 e. The molecule has 0 aromatic heterocycles. The zero-order valence-electron chi connectivity index (χ0n) is 12.7. The maximum absolute atomic E-state index is 12.9. The van der Waals surface area contributed by atoms with Gasteiger partial charge in [0.25, 0.3) is 0 Å². The number of aliphatic carboxylic acids is 1. The number of carboxylic acids is 1. The first kappa shape index (κ1) is 16.0. The summed E-state index contributed by atoms with van der Waals surface area (Å²) in [6.45, 7) is 8.31. The molecule has 0 unspecified atom stereocenters. The van der Waals surface area contributed by atoms with Crippen molar-refractivity contribution >= 4 is 11.9 Å². The molecule has 0 radical (unpaired) electrons. The molecule has 0 aliphatic heterocycles. The van der Waals surface area contributed by atoms with Crippen molar-refractivity contribution < 1.29 is 14.7 Å². The molecule has 1 rings (SSSR count). The highest BCUT2D eigenvalue weighted by Crippen LogP contribution is 2.43. The molecule has 1 fully saturated rings. The number of carbonyl (C=O) groups excluding carboxylic acids is 1. The van der Waals surface area contributed by atoms with E-state index in [-0.39, 0.29) is 23.3 Å². The van der Waals surface area contributed by atoms with Crippen molar-refractivity contribution in [2.24, 2.45) is 5.41 Å². The number of hydrogen-bond donors (Lipinski definition) is 1. The van der Waals surface area contributed by atoms with Crippen LogP contribution in [0.15, 0.2) is 0 Å². The van der Waals surface area contributed by atoms with Crippen molar-refractivity contribution in [2.75, 3.05) is 6.54 Å². The molecule has 1 amide bonds. The minimum absolute atomic E-state index is 0.0167. The molecule has 0 atom stereocenters. The minimum Gasteiger partial charge on any atom is -0.481 e. The largest absolute Gasteiger partial charge is 0.481 e. The van der Waals surface area contributed by atoms with Crippen molar-refractivity contribution in [3.63, 3.8) is 0 Å². The highest BCUT2D eigenvalue weighted by atomic mass is 16.4. The van der Waals surface area contributed by atoms with Crippen LogP contribution in [0.5, 0.6) is 0 Å². The molecule has 0 aromatic carbocycles. The van der Waals surface area contributed by atoms with Crippen LogP contribution in [0.1, 0.15) is 66.2 Å². The van der Waals surface area contributed by atoms with Gasteiger partial charge in [0.05, 0.1) is 6.42 Å². The number of rotatable bonds is 5. The Morgan fingerprint density at radius 2 is 1.74 bits per heavy atom. The monoisotopic (exact) mass is 269 g/mol. The van der Waals surface area contributed by atoms with Crippen molar-refractivity contribution in [3.05, 3.63) is 0 Å². The van der Waals surface area contributed by atoms with Gasteiger partial charge in [-0.25, -0.2) is 0 Å². The molecule has 0 aromatic rings. The summed E-state index contributed by atoms with van der Waals surface area (Å²) < 4.78 is 0. The van der Waals surface area contributed by atoms with Gasteiger partial charge in [0.15, 0.2) is 0 Å². The van der Waals surface area contributed by atoms with Crippen LogP contribution in [0.2, 0.25) is 0 Å². The van der Waals surface area contributed by atoms with E-state index in [1.807, 2.05) is 20.8 Å². The van der Waals surface area contributed by atoms with Gasteiger partial charge in [-0.1, -0.05) is 19.8 Å². The Kier molecular flexibility index (Phi) is 4.99. The number of carboxylic acid groups (broad SMARTS) is 1. The Bertz CT molecular complexity index is 338. The number of carbonyl (C=O) groups is 2. The summed E-state index contributed by atoms with van der Waals surface area (Å²) in [7, 11) is 0. The Labute approximate surface area is 116 Å². The Balaban J connectivity index is 2.90. The number of hydrogen-bond acceptors (Lipinski definition) is 2. The smallest absolute Gasteiger partial charge is 0.305 e. The van der Waals surface area contributed by atoms with E-state index in [0.29, 0.717) is 6.54 Å². The fourth-order valence-corrected chi connectivity index (χ4v) is 3.01. The molecule has 19 heavy (non-hydrogen) atoms. The quantitative estimate of drug-likeness (QED) is 0.834. The molecule has 4 heteroatoms. The van der Waals surface area contributed by atoms with Crippen molar-refractivity contribution in [2.45, 2.75) is 71.8 Å². The zero-order valence-corrected chi connectivity index (χ0v) is 12.7. The molecule has 0 spiro atoms. The number of nitrogens with zero attached hydrogens (tertiary/aromatic N) is 1. The molecule has 1 aliphatic rings. The normalized spacial score (nSPS) is 18.3. The predicted molar refractivity (Wildman–Crippen MR) is 74.9 cm³/mol. The van der Waals surface area contributed by atoms with Gasteiger partial charge >= 0.3 is 5.97 Å². The van der Waals surface area contributed by atoms with E-state index in [1.165, 1.54) is 0 Å². The third kappa shape index (κ3) is 3.71. The third-order valence-electron chi connectivity index (χ3n) is 4.30. The van der Waals surface area contributed by atoms with Gasteiger partial charge in [-0.3, -0.25) is 9.59 Å². The highest BCUT2D eigenvalue weighted by molar-refractivity contribution is 5.84. The molecular formula is C15H27NO3. The molecule has 1 saturated carbocycles. The van der Waals surface area contributed by atoms with Crippen molar-refractivity contribution in [1.29, 1.82) is 0 Å². The molecule has 1 aliphatic carbocycles. The molecule has 0 saturated heterocycles. The first-order chi connectivity index (χ1) is 8.73. The first-order valence-corrected chi connectivity index (χ1v) is 7.27. The molecule has 1 N–H and O–H groups in total. The standard InChI is InChI=1S/C15H27NO3/c1-5-15(9-6-7-10-15)13(19)16(14(2,3)4)11-8-12(17)18/h5-11H2,1-4H3,(H,17,18). The van der Waals surface area contributed by atoms with Crippen molar-refractivity contribution in [3.8, 4) is 0 Å². The van der Waals surface area contributed by atoms with Gasteiger partial charge in [0.2, 0.25) is 5.91 Å². The van der Waals surface area contributed by atoms with Crippen LogP contribution in [0.25, 0.3) is 0 Å². The third-order valence-corrected chi connectivity index (χ3v) is 4.30. The second kappa shape index (κ2) is 5.93. The van der Waals surface area contributed by atoms with E-state index in [0.717, 1.165) is 32.1 Å². The molecule has 0 bridgehead atoms. The SMILES string of the molecule is CCC1(C(=O)N(CCC(=O)O)C(C)(C)C)CCCC1. The number of amides is 1. The van der Waals surface area contributed by atoms with Gasteiger partial charge in [-0.2, -0.15) is 0 Å². The van der Waals surface area contributed by atoms with Crippen LogP contribution in [0, 0.1) is 5.41 Å². The average molecular weight is 269 g/mol. The highest BCUT2D eigenvalue weighted by Gasteiger charge is 2.44. The molecule has 4 nitrogen and oxygen atoms in total. The molecular weight excluding hydrogens is 242 g/mol. The fourth-order valence-electron chi connectivity index (χ4n) is 3.01. The van der Waals surface area contributed by atoms with E-state index >= 15 is 0 Å². The summed E-state index contributed by atoms with van der Waals surface area (Å²) in [6.07, 6.45) is 4.98. The Morgan fingerprint density at radius 1 is 1.21 bits per heavy atom. The van der Waals surface area contributed by atoms with E-state index in [2.05, 4.69) is 6.92 Å². The zero-order chi connectivity index (χ0) is 14.7. The van der Waals surface area contributed by atoms with Gasteiger partial charge in [-0.15, -0.1) is 0 Å². The van der Waals surface area contributed by atoms with Gasteiger partial charge < -0.3 is 10.0 Å². The second-order valence-electron chi connectivity index (χ2n) is 6.61. The average Bonchev–Trinajstić information content (AvgIpc) is 2.76. The van der Waals surface area contributed by atoms with Crippen molar-refractivity contribution in [1.82, 2.24) is 4.90 Å². The van der Waals surface area contributed by atoms with Gasteiger partial charge in [0.1, 0.15) is 0 Å². The summed E-state index contributed by atoms with van der Waals surface area (Å²) in [5, 5.41) is 8.86. The second-order valence-corrected chi connectivity index (χ2v) is 6.61. The van der Waals surface area contributed by atoms with Gasteiger partial charge in [0, 0.05) is 17.5 Å². The minimum atomic E-state index is -0.848. The topological polar surface area (TPSA) is 57.6 Å². The van der Waals surface area contributed by atoms with Crippen LogP contribution in [0.4, 0.5) is 0 Å². The molecule has 0 heterocycles. The lowest BCUT2D eigenvalue weighted by molar-refractivity contribution is -0.148. The maximum atomic E-state index is 12.9. The van der Waals surface area contributed by atoms with E-state index in [1.54, 1.807) is 4.90 Å². The summed E-state index contributed by atoms with van der Waals surface area (Å²) >= 11 is 0. The van der Waals surface area contributed by atoms with E-state index in [4.69, 9.17) is 5.11 Å². The van der Waals surface area contributed by atoms with Crippen LogP contribution >= 0.6 is 0 Å². The summed E-state index contributed by atoms with van der Waals surface area (Å²) in [4.78, 5) is 25.5. The lowest BCUT2D eigenvalue weighted by Crippen LogP contribution is -2.52. The Hall–Kier alpha value is -1.06. The predicted octanol–water partition coefficient (Wildman–Crippen LogP) is 3.06. The van der Waals surface area contributed by atoms with Crippen LogP contribution in [-0.2, 0) is 9.59 Å². The lowest BCUT2D eigenvalue weighted by Gasteiger charge is -2.41.